The Hall–Kier alpha value is -2.24. The third kappa shape index (κ3) is 4.01. The van der Waals surface area contributed by atoms with Crippen molar-refractivity contribution < 1.29 is 4.79 Å². The molecular weight excluding hydrogens is 414 g/mol. The van der Waals surface area contributed by atoms with Crippen LogP contribution in [0.4, 0.5) is 11.4 Å². The molecule has 4 rings (SSSR count). The molecule has 2 aromatic carbocycles. The number of nitrogens with zero attached hydrogens (tertiary/aromatic N) is 2. The number of hydrogen-bond acceptors (Lipinski definition) is 4. The number of thioether (sulfide) groups is 1. The van der Waals surface area contributed by atoms with Crippen LogP contribution in [-0.4, -0.2) is 23.7 Å². The van der Waals surface area contributed by atoms with Crippen LogP contribution in [0.3, 0.4) is 0 Å². The number of amidine groups is 1. The van der Waals surface area contributed by atoms with E-state index in [-0.39, 0.29) is 11.4 Å². The Kier molecular flexibility index (Phi) is 5.45. The molecule has 2 heterocycles. The summed E-state index contributed by atoms with van der Waals surface area (Å²) in [7, 11) is 2.17. The predicted molar refractivity (Wildman–Crippen MR) is 129 cm³/mol. The summed E-state index contributed by atoms with van der Waals surface area (Å²) >= 11 is 7.30. The fourth-order valence-electron chi connectivity index (χ4n) is 4.14. The first-order valence-electron chi connectivity index (χ1n) is 10.1. The Labute approximate surface area is 187 Å². The molecule has 1 fully saturated rings. The number of anilines is 1. The molecule has 1 saturated heterocycles. The number of fused-ring (bicyclic) bond motifs is 1. The second-order valence-electron chi connectivity index (χ2n) is 8.70. The van der Waals surface area contributed by atoms with Crippen LogP contribution in [0.15, 0.2) is 46.3 Å². The fourth-order valence-corrected chi connectivity index (χ4v) is 5.10. The summed E-state index contributed by atoms with van der Waals surface area (Å²) in [5, 5.41) is 4.10. The number of nitrogens with one attached hydrogen (secondary N) is 1. The van der Waals surface area contributed by atoms with E-state index in [1.54, 1.807) is 12.1 Å². The number of carbonyl (C=O) groups is 1. The van der Waals surface area contributed by atoms with Crippen LogP contribution >= 0.6 is 23.4 Å². The molecule has 4 nitrogen and oxygen atoms in total. The quantitative estimate of drug-likeness (QED) is 0.561. The molecule has 2 aliphatic rings. The molecule has 2 aromatic rings. The van der Waals surface area contributed by atoms with Crippen LogP contribution in [0.1, 0.15) is 49.8 Å². The van der Waals surface area contributed by atoms with E-state index < -0.39 is 0 Å². The number of rotatable bonds is 2. The highest BCUT2D eigenvalue weighted by molar-refractivity contribution is 8.18. The Morgan fingerprint density at radius 2 is 1.97 bits per heavy atom. The van der Waals surface area contributed by atoms with E-state index in [0.717, 1.165) is 23.2 Å². The van der Waals surface area contributed by atoms with E-state index >= 15 is 0 Å². The van der Waals surface area contributed by atoms with Crippen molar-refractivity contribution in [2.45, 2.75) is 45.6 Å². The number of aliphatic imine (C=N–C) groups is 1. The minimum Gasteiger partial charge on any atom is -0.369 e. The smallest absolute Gasteiger partial charge is 0.264 e. The minimum absolute atomic E-state index is 0.115. The average Bonchev–Trinajstić information content (AvgIpc) is 3.01. The minimum atomic E-state index is -0.115. The van der Waals surface area contributed by atoms with Gasteiger partial charge in [-0.15, -0.1) is 0 Å². The van der Waals surface area contributed by atoms with Crippen LogP contribution in [0.25, 0.3) is 6.08 Å². The third-order valence-corrected chi connectivity index (χ3v) is 7.18. The Morgan fingerprint density at radius 3 is 2.67 bits per heavy atom. The monoisotopic (exact) mass is 439 g/mol. The van der Waals surface area contributed by atoms with Crippen LogP contribution in [0.5, 0.6) is 0 Å². The summed E-state index contributed by atoms with van der Waals surface area (Å²) in [5.74, 6) is 0.354. The van der Waals surface area contributed by atoms with Gasteiger partial charge in [0.15, 0.2) is 5.17 Å². The first-order valence-corrected chi connectivity index (χ1v) is 11.3. The normalized spacial score (nSPS) is 23.1. The van der Waals surface area contributed by atoms with Crippen LogP contribution in [0.2, 0.25) is 5.02 Å². The molecule has 0 aromatic heterocycles. The first kappa shape index (κ1) is 21.0. The molecule has 156 valence electrons. The number of benzene rings is 2. The van der Waals surface area contributed by atoms with Crippen molar-refractivity contribution in [2.24, 2.45) is 4.99 Å². The molecule has 6 heteroatoms. The van der Waals surface area contributed by atoms with Gasteiger partial charge in [-0.3, -0.25) is 4.79 Å². The number of amides is 1. The largest absolute Gasteiger partial charge is 0.369 e. The summed E-state index contributed by atoms with van der Waals surface area (Å²) in [4.78, 5) is 20.1. The first-order chi connectivity index (χ1) is 14.1. The molecule has 1 unspecified atom stereocenters. The number of carbonyl (C=O) groups excluding carboxylic acids is 1. The standard InChI is InChI=1S/C24H26ClN3OS/c1-14-10-20-19(15(2)13-24(3,4)28(20)5)11-16(14)12-21-22(29)27-23(30-21)26-18-8-6-17(25)7-9-18/h6-12,15H,13H2,1-5H3,(H,26,27,29)/b21-12+. The van der Waals surface area contributed by atoms with Crippen molar-refractivity contribution >= 4 is 51.9 Å². The molecule has 30 heavy (non-hydrogen) atoms. The lowest BCUT2D eigenvalue weighted by Crippen LogP contribution is -2.45. The SMILES string of the molecule is Cc1cc2c(cc1/C=C1/SC(=Nc3ccc(Cl)cc3)NC1=O)C(C)CC(C)(C)N2C. The van der Waals surface area contributed by atoms with Crippen molar-refractivity contribution in [3.8, 4) is 0 Å². The van der Waals surface area contributed by atoms with Crippen molar-refractivity contribution in [2.75, 3.05) is 11.9 Å². The predicted octanol–water partition coefficient (Wildman–Crippen LogP) is 6.26. The van der Waals surface area contributed by atoms with E-state index in [1.807, 2.05) is 18.2 Å². The summed E-state index contributed by atoms with van der Waals surface area (Å²) in [6.45, 7) is 8.97. The second-order valence-corrected chi connectivity index (χ2v) is 10.2. The van der Waals surface area contributed by atoms with Gasteiger partial charge in [-0.05, 0) is 104 Å². The molecule has 0 aliphatic carbocycles. The lowest BCUT2D eigenvalue weighted by atomic mass is 9.79. The molecule has 0 saturated carbocycles. The van der Waals surface area contributed by atoms with Gasteiger partial charge < -0.3 is 10.2 Å². The maximum atomic E-state index is 12.5. The number of halogens is 1. The van der Waals surface area contributed by atoms with E-state index in [4.69, 9.17) is 11.6 Å². The maximum absolute atomic E-state index is 12.5. The van der Waals surface area contributed by atoms with Gasteiger partial charge in [-0.2, -0.15) is 0 Å². The summed E-state index contributed by atoms with van der Waals surface area (Å²) in [6, 6.07) is 11.7. The van der Waals surface area contributed by atoms with E-state index in [2.05, 4.69) is 62.1 Å². The highest BCUT2D eigenvalue weighted by Crippen LogP contribution is 2.44. The maximum Gasteiger partial charge on any atom is 0.264 e. The summed E-state index contributed by atoms with van der Waals surface area (Å²) < 4.78 is 0. The van der Waals surface area contributed by atoms with Gasteiger partial charge in [-0.1, -0.05) is 18.5 Å². The summed E-state index contributed by atoms with van der Waals surface area (Å²) in [5.41, 5.74) is 5.76. The zero-order valence-corrected chi connectivity index (χ0v) is 19.5. The summed E-state index contributed by atoms with van der Waals surface area (Å²) in [6.07, 6.45) is 3.08. The third-order valence-electron chi connectivity index (χ3n) is 6.02. The van der Waals surface area contributed by atoms with Crippen LogP contribution in [-0.2, 0) is 4.79 Å². The Morgan fingerprint density at radius 1 is 1.27 bits per heavy atom. The topological polar surface area (TPSA) is 44.7 Å². The Bertz CT molecular complexity index is 1070. The van der Waals surface area contributed by atoms with Gasteiger partial charge in [0.25, 0.3) is 5.91 Å². The highest BCUT2D eigenvalue weighted by atomic mass is 35.5. The lowest BCUT2D eigenvalue weighted by Gasteiger charge is -2.45. The molecule has 0 spiro atoms. The van der Waals surface area contributed by atoms with Crippen molar-refractivity contribution in [1.82, 2.24) is 5.32 Å². The zero-order valence-electron chi connectivity index (χ0n) is 17.9. The van der Waals surface area contributed by atoms with Gasteiger partial charge in [0, 0.05) is 23.3 Å². The molecule has 2 aliphatic heterocycles. The molecule has 0 radical (unpaired) electrons. The van der Waals surface area contributed by atoms with Crippen molar-refractivity contribution in [3.05, 3.63) is 63.0 Å². The van der Waals surface area contributed by atoms with E-state index in [9.17, 15) is 4.79 Å². The van der Waals surface area contributed by atoms with Gasteiger partial charge in [0.1, 0.15) is 0 Å². The molecule has 1 atom stereocenters. The van der Waals surface area contributed by atoms with Gasteiger partial charge in [0.05, 0.1) is 10.6 Å². The van der Waals surface area contributed by atoms with Gasteiger partial charge in [-0.25, -0.2) is 4.99 Å². The van der Waals surface area contributed by atoms with Gasteiger partial charge >= 0.3 is 0 Å². The highest BCUT2D eigenvalue weighted by Gasteiger charge is 2.34. The molecular formula is C24H26ClN3OS. The zero-order chi connectivity index (χ0) is 21.6. The Balaban J connectivity index is 1.64. The number of aryl methyl sites for hydroxylation is 1. The van der Waals surface area contributed by atoms with Crippen molar-refractivity contribution in [1.29, 1.82) is 0 Å². The molecule has 1 N–H and O–H groups in total. The number of hydrogen-bond donors (Lipinski definition) is 1. The van der Waals surface area contributed by atoms with Gasteiger partial charge in [0.2, 0.25) is 0 Å². The lowest BCUT2D eigenvalue weighted by molar-refractivity contribution is -0.115. The van der Waals surface area contributed by atoms with Crippen LogP contribution in [0, 0.1) is 6.92 Å². The average molecular weight is 440 g/mol. The van der Waals surface area contributed by atoms with E-state index in [0.29, 0.717) is 21.0 Å². The fraction of sp³-hybridized carbons (Fsp3) is 0.333. The second kappa shape index (κ2) is 7.78. The van der Waals surface area contributed by atoms with E-state index in [1.165, 1.54) is 23.0 Å². The van der Waals surface area contributed by atoms with Crippen molar-refractivity contribution in [3.63, 3.8) is 0 Å². The molecule has 1 amide bonds. The molecule has 0 bridgehead atoms. The van der Waals surface area contributed by atoms with Crippen LogP contribution < -0.4 is 10.2 Å².